The summed E-state index contributed by atoms with van der Waals surface area (Å²) < 4.78 is 0. The van der Waals surface area contributed by atoms with Crippen LogP contribution in [0.1, 0.15) is 18.4 Å². The van der Waals surface area contributed by atoms with Crippen molar-refractivity contribution in [1.29, 1.82) is 0 Å². The third kappa shape index (κ3) is 2.68. The third-order valence-corrected chi connectivity index (χ3v) is 2.93. The predicted octanol–water partition coefficient (Wildman–Crippen LogP) is 0.100. The van der Waals surface area contributed by atoms with Gasteiger partial charge in [-0.3, -0.25) is 19.5 Å². The van der Waals surface area contributed by atoms with E-state index in [1.807, 2.05) is 12.1 Å². The second kappa shape index (κ2) is 5.05. The monoisotopic (exact) mass is 233 g/mol. The van der Waals surface area contributed by atoms with Crippen LogP contribution < -0.4 is 5.73 Å². The lowest BCUT2D eigenvalue weighted by Gasteiger charge is -2.28. The third-order valence-electron chi connectivity index (χ3n) is 2.93. The molecule has 5 heteroatoms. The van der Waals surface area contributed by atoms with Crippen molar-refractivity contribution in [3.05, 3.63) is 30.1 Å². The number of piperidine rings is 1. The van der Waals surface area contributed by atoms with Crippen LogP contribution in [0.15, 0.2) is 24.5 Å². The van der Waals surface area contributed by atoms with Gasteiger partial charge in [-0.05, 0) is 30.5 Å². The number of hydrogen-bond donors (Lipinski definition) is 1. The van der Waals surface area contributed by atoms with Gasteiger partial charge in [-0.1, -0.05) is 0 Å². The van der Waals surface area contributed by atoms with Crippen LogP contribution in [0.4, 0.5) is 0 Å². The van der Waals surface area contributed by atoms with Gasteiger partial charge in [0.2, 0.25) is 11.8 Å². The summed E-state index contributed by atoms with van der Waals surface area (Å²) in [5.41, 5.74) is 6.70. The van der Waals surface area contributed by atoms with Crippen LogP contribution >= 0.6 is 0 Å². The number of carbonyl (C=O) groups excluding carboxylic acids is 2. The number of nitrogens with zero attached hydrogens (tertiary/aromatic N) is 2. The van der Waals surface area contributed by atoms with E-state index in [1.165, 1.54) is 4.90 Å². The summed E-state index contributed by atoms with van der Waals surface area (Å²) in [5.74, 6) is -0.374. The normalized spacial score (nSPS) is 20.8. The van der Waals surface area contributed by atoms with E-state index in [1.54, 1.807) is 12.4 Å². The number of likely N-dealkylation sites (tertiary alicyclic amines) is 1. The molecule has 1 aliphatic heterocycles. The average Bonchev–Trinajstić information content (AvgIpc) is 2.35. The van der Waals surface area contributed by atoms with Gasteiger partial charge in [0.05, 0.1) is 6.04 Å². The first kappa shape index (κ1) is 11.7. The van der Waals surface area contributed by atoms with Crippen LogP contribution in [-0.2, 0) is 16.0 Å². The lowest BCUT2D eigenvalue weighted by Crippen LogP contribution is -2.51. The van der Waals surface area contributed by atoms with E-state index in [0.29, 0.717) is 25.8 Å². The predicted molar refractivity (Wildman–Crippen MR) is 61.9 cm³/mol. The molecule has 0 saturated carbocycles. The van der Waals surface area contributed by atoms with Gasteiger partial charge in [-0.25, -0.2) is 0 Å². The largest absolute Gasteiger partial charge is 0.320 e. The quantitative estimate of drug-likeness (QED) is 0.751. The number of imide groups is 1. The summed E-state index contributed by atoms with van der Waals surface area (Å²) in [4.78, 5) is 28.5. The van der Waals surface area contributed by atoms with Crippen LogP contribution in [0.2, 0.25) is 0 Å². The number of carbonyl (C=O) groups is 2. The van der Waals surface area contributed by atoms with Crippen molar-refractivity contribution >= 4 is 11.8 Å². The lowest BCUT2D eigenvalue weighted by atomic mass is 10.0. The Bertz CT molecular complexity index is 419. The second-order valence-corrected chi connectivity index (χ2v) is 4.13. The van der Waals surface area contributed by atoms with Crippen molar-refractivity contribution in [2.75, 3.05) is 6.54 Å². The zero-order valence-electron chi connectivity index (χ0n) is 9.50. The molecule has 1 atom stereocenters. The van der Waals surface area contributed by atoms with Crippen LogP contribution in [0, 0.1) is 0 Å². The van der Waals surface area contributed by atoms with Crippen LogP contribution in [0.25, 0.3) is 0 Å². The van der Waals surface area contributed by atoms with Gasteiger partial charge in [0.25, 0.3) is 0 Å². The smallest absolute Gasteiger partial charge is 0.246 e. The summed E-state index contributed by atoms with van der Waals surface area (Å²) in [6, 6.07) is 3.22. The maximum atomic E-state index is 11.7. The van der Waals surface area contributed by atoms with E-state index in [9.17, 15) is 9.59 Å². The molecule has 0 bridgehead atoms. The number of amides is 2. The summed E-state index contributed by atoms with van der Waals surface area (Å²) in [5, 5.41) is 0. The van der Waals surface area contributed by atoms with Gasteiger partial charge in [0.1, 0.15) is 0 Å². The summed E-state index contributed by atoms with van der Waals surface area (Å²) in [6.45, 7) is 0.398. The highest BCUT2D eigenvalue weighted by Crippen LogP contribution is 2.12. The Morgan fingerprint density at radius 2 is 2.06 bits per heavy atom. The van der Waals surface area contributed by atoms with Crippen LogP contribution in [0.5, 0.6) is 0 Å². The molecular formula is C12H15N3O2. The van der Waals surface area contributed by atoms with E-state index in [0.717, 1.165) is 5.56 Å². The van der Waals surface area contributed by atoms with Crippen molar-refractivity contribution in [2.45, 2.75) is 25.3 Å². The van der Waals surface area contributed by atoms with Crippen LogP contribution in [-0.4, -0.2) is 34.3 Å². The first-order chi connectivity index (χ1) is 8.18. The fourth-order valence-corrected chi connectivity index (χ4v) is 1.89. The van der Waals surface area contributed by atoms with E-state index in [2.05, 4.69) is 4.98 Å². The molecule has 1 aromatic rings. The lowest BCUT2D eigenvalue weighted by molar-refractivity contribution is -0.149. The molecule has 1 aliphatic rings. The number of nitrogens with two attached hydrogens (primary N) is 1. The number of pyridine rings is 1. The molecular weight excluding hydrogens is 218 g/mol. The first-order valence-corrected chi connectivity index (χ1v) is 5.67. The standard InChI is InChI=1S/C12H15N3O2/c13-10-1-2-11(16)15(12(10)17)8-5-9-3-6-14-7-4-9/h3-4,6-7,10H,1-2,5,8,13H2. The summed E-state index contributed by atoms with van der Waals surface area (Å²) >= 11 is 0. The molecule has 0 spiro atoms. The molecule has 1 saturated heterocycles. The molecule has 2 rings (SSSR count). The maximum Gasteiger partial charge on any atom is 0.246 e. The second-order valence-electron chi connectivity index (χ2n) is 4.13. The molecule has 0 radical (unpaired) electrons. The average molecular weight is 233 g/mol. The van der Waals surface area contributed by atoms with Gasteiger partial charge >= 0.3 is 0 Å². The maximum absolute atomic E-state index is 11.7. The molecule has 0 aromatic carbocycles. The zero-order chi connectivity index (χ0) is 12.3. The number of hydrogen-bond acceptors (Lipinski definition) is 4. The molecule has 2 amide bonds. The van der Waals surface area contributed by atoms with E-state index in [4.69, 9.17) is 5.73 Å². The van der Waals surface area contributed by atoms with Gasteiger partial charge in [0, 0.05) is 25.4 Å². The Balaban J connectivity index is 1.98. The van der Waals surface area contributed by atoms with Gasteiger partial charge in [-0.2, -0.15) is 0 Å². The molecule has 5 nitrogen and oxygen atoms in total. The first-order valence-electron chi connectivity index (χ1n) is 5.67. The van der Waals surface area contributed by atoms with Crippen molar-refractivity contribution in [3.8, 4) is 0 Å². The van der Waals surface area contributed by atoms with Gasteiger partial charge in [-0.15, -0.1) is 0 Å². The topological polar surface area (TPSA) is 76.3 Å². The molecule has 1 fully saturated rings. The Morgan fingerprint density at radius 1 is 1.35 bits per heavy atom. The molecule has 0 aliphatic carbocycles. The highest BCUT2D eigenvalue weighted by atomic mass is 16.2. The van der Waals surface area contributed by atoms with Crippen molar-refractivity contribution < 1.29 is 9.59 Å². The fourth-order valence-electron chi connectivity index (χ4n) is 1.89. The minimum Gasteiger partial charge on any atom is -0.320 e. The molecule has 2 heterocycles. The Labute approximate surface area is 99.6 Å². The van der Waals surface area contributed by atoms with Crippen molar-refractivity contribution in [3.63, 3.8) is 0 Å². The number of aromatic nitrogens is 1. The van der Waals surface area contributed by atoms with Gasteiger partial charge < -0.3 is 5.73 Å². The van der Waals surface area contributed by atoms with Crippen molar-refractivity contribution in [1.82, 2.24) is 9.88 Å². The molecule has 1 unspecified atom stereocenters. The Hall–Kier alpha value is -1.75. The number of rotatable bonds is 3. The SMILES string of the molecule is NC1CCC(=O)N(CCc2ccncc2)C1=O. The molecule has 2 N–H and O–H groups in total. The van der Waals surface area contributed by atoms with E-state index in [-0.39, 0.29) is 11.8 Å². The zero-order valence-corrected chi connectivity index (χ0v) is 9.50. The summed E-state index contributed by atoms with van der Waals surface area (Å²) in [7, 11) is 0. The van der Waals surface area contributed by atoms with Crippen LogP contribution in [0.3, 0.4) is 0 Å². The Morgan fingerprint density at radius 3 is 2.76 bits per heavy atom. The Kier molecular flexibility index (Phi) is 3.49. The fraction of sp³-hybridized carbons (Fsp3) is 0.417. The molecule has 17 heavy (non-hydrogen) atoms. The highest BCUT2D eigenvalue weighted by molar-refractivity contribution is 6.00. The van der Waals surface area contributed by atoms with E-state index < -0.39 is 6.04 Å². The molecule has 1 aromatic heterocycles. The van der Waals surface area contributed by atoms with Crippen molar-refractivity contribution in [2.24, 2.45) is 5.73 Å². The minimum absolute atomic E-state index is 0.120. The van der Waals surface area contributed by atoms with Gasteiger partial charge in [0.15, 0.2) is 0 Å². The summed E-state index contributed by atoms with van der Waals surface area (Å²) in [6.07, 6.45) is 4.86. The minimum atomic E-state index is -0.523. The highest BCUT2D eigenvalue weighted by Gasteiger charge is 2.31. The van der Waals surface area contributed by atoms with E-state index >= 15 is 0 Å². The molecule has 90 valence electrons.